The van der Waals surface area contributed by atoms with Crippen LogP contribution in [-0.2, 0) is 27.1 Å². The minimum Gasteiger partial charge on any atom is -0.400 e. The molecule has 2 nitrogen and oxygen atoms in total. The number of thiophene rings is 1. The van der Waals surface area contributed by atoms with Crippen molar-refractivity contribution in [2.45, 2.75) is 161 Å². The van der Waals surface area contributed by atoms with Crippen molar-refractivity contribution < 1.29 is 0 Å². The van der Waals surface area contributed by atoms with Crippen molar-refractivity contribution in [1.82, 2.24) is 0 Å². The number of hydrogen-bond acceptors (Lipinski definition) is 3. The van der Waals surface area contributed by atoms with Crippen LogP contribution in [-0.4, -0.2) is 12.4 Å². The van der Waals surface area contributed by atoms with Crippen LogP contribution in [0, 0.1) is 6.92 Å². The van der Waals surface area contributed by atoms with Gasteiger partial charge < -0.3 is 9.71 Å². The molecule has 0 bridgehead atoms. The summed E-state index contributed by atoms with van der Waals surface area (Å²) >= 11 is 2.01. The zero-order valence-electron chi connectivity index (χ0n) is 41.4. The Morgan fingerprint density at radius 1 is 0.569 bits per heavy atom. The first-order chi connectivity index (χ1) is 30.6. The number of rotatable bonds is 2. The Bertz CT molecular complexity index is 3190. The maximum absolute atomic E-state index is 3.02. The van der Waals surface area contributed by atoms with Gasteiger partial charge in [-0.3, -0.25) is 0 Å². The largest absolute Gasteiger partial charge is 0.400 e. The van der Waals surface area contributed by atoms with Gasteiger partial charge in [0.2, 0.25) is 0 Å². The lowest BCUT2D eigenvalue weighted by molar-refractivity contribution is 0.199. The van der Waals surface area contributed by atoms with Gasteiger partial charge in [-0.2, -0.15) is 0 Å². The number of hydrogen-bond donors (Lipinski definition) is 0. The molecule has 2 aliphatic carbocycles. The van der Waals surface area contributed by atoms with E-state index in [2.05, 4.69) is 197 Å². The highest BCUT2D eigenvalue weighted by molar-refractivity contribution is 7.26. The third-order valence-corrected chi connectivity index (χ3v) is 18.9. The fraction of sp³-hybridized carbons (Fsp3) is 0.410. The summed E-state index contributed by atoms with van der Waals surface area (Å²) in [6.45, 7) is 31.9. The van der Waals surface area contributed by atoms with E-state index >= 15 is 0 Å². The summed E-state index contributed by atoms with van der Waals surface area (Å²) in [6, 6.07) is 39.4. The molecular formula is C61H67BN2S. The minimum atomic E-state index is -0.0489. The zero-order chi connectivity index (χ0) is 45.5. The van der Waals surface area contributed by atoms with E-state index in [4.69, 9.17) is 0 Å². The molecular weight excluding hydrogens is 804 g/mol. The van der Waals surface area contributed by atoms with Gasteiger partial charge in [0, 0.05) is 53.6 Å². The highest BCUT2D eigenvalue weighted by Crippen LogP contribution is 2.64. The van der Waals surface area contributed by atoms with Gasteiger partial charge in [-0.15, -0.1) is 11.3 Å². The molecule has 6 aromatic carbocycles. The van der Waals surface area contributed by atoms with E-state index in [9.17, 15) is 0 Å². The van der Waals surface area contributed by atoms with Crippen molar-refractivity contribution in [3.8, 4) is 22.3 Å². The van der Waals surface area contributed by atoms with Crippen LogP contribution in [0.25, 0.3) is 42.4 Å². The molecule has 65 heavy (non-hydrogen) atoms. The summed E-state index contributed by atoms with van der Waals surface area (Å²) in [5.41, 5.74) is 22.8. The molecule has 2 atom stereocenters. The second kappa shape index (κ2) is 13.2. The van der Waals surface area contributed by atoms with Crippen LogP contribution < -0.4 is 20.6 Å². The number of aryl methyl sites for hydroxylation is 1. The SMILES string of the molecule is Cc1cc2c3c(c1)N(c1ccc(C(C)(C)C)cc1-c1ccccc1)c1c(ccc4sc5cc6c(cc5c14)C(C)(C)CCC6(C)C)B3N1c3c-2cc(C(C)(C)C)cc3C2(C)CCCCC12C. The lowest BCUT2D eigenvalue weighted by Crippen LogP contribution is -2.70. The van der Waals surface area contributed by atoms with Crippen LogP contribution in [0.2, 0.25) is 0 Å². The maximum atomic E-state index is 3.02. The van der Waals surface area contributed by atoms with Crippen molar-refractivity contribution in [2.24, 2.45) is 0 Å². The summed E-state index contributed by atoms with van der Waals surface area (Å²) in [5.74, 6) is 0. The van der Waals surface area contributed by atoms with Crippen LogP contribution in [0.1, 0.15) is 155 Å². The van der Waals surface area contributed by atoms with E-state index in [0.29, 0.717) is 0 Å². The Kier molecular flexibility index (Phi) is 8.46. The molecule has 2 unspecified atom stereocenters. The molecule has 0 spiro atoms. The highest BCUT2D eigenvalue weighted by Gasteiger charge is 2.63. The first-order valence-electron chi connectivity index (χ1n) is 24.8. The molecule has 1 saturated carbocycles. The Labute approximate surface area is 393 Å². The van der Waals surface area contributed by atoms with Crippen LogP contribution >= 0.6 is 11.3 Å². The van der Waals surface area contributed by atoms with Crippen LogP contribution in [0.4, 0.5) is 22.7 Å². The highest BCUT2D eigenvalue weighted by atomic mass is 32.1. The predicted octanol–water partition coefficient (Wildman–Crippen LogP) is 16.0. The third-order valence-electron chi connectivity index (χ3n) is 17.8. The molecule has 0 radical (unpaired) electrons. The van der Waals surface area contributed by atoms with E-state index in [1.54, 1.807) is 11.1 Å². The minimum absolute atomic E-state index is 0.00398. The zero-order valence-corrected chi connectivity index (χ0v) is 42.2. The molecule has 3 aliphatic heterocycles. The van der Waals surface area contributed by atoms with Crippen molar-refractivity contribution in [3.63, 3.8) is 0 Å². The number of fused-ring (bicyclic) bond motifs is 12. The summed E-state index contributed by atoms with van der Waals surface area (Å²) in [6.07, 6.45) is 7.39. The molecule has 0 N–H and O–H groups in total. The molecule has 5 aliphatic rings. The molecule has 12 rings (SSSR count). The topological polar surface area (TPSA) is 6.48 Å². The quantitative estimate of drug-likeness (QED) is 0.160. The van der Waals surface area contributed by atoms with Crippen molar-refractivity contribution >= 4 is 72.0 Å². The smallest absolute Gasteiger partial charge is 0.328 e. The van der Waals surface area contributed by atoms with Crippen molar-refractivity contribution in [2.75, 3.05) is 9.71 Å². The van der Waals surface area contributed by atoms with Gasteiger partial charge in [-0.25, -0.2) is 0 Å². The first kappa shape index (κ1) is 41.6. The van der Waals surface area contributed by atoms with Gasteiger partial charge in [0.05, 0.1) is 11.4 Å². The number of benzene rings is 6. The Morgan fingerprint density at radius 3 is 1.95 bits per heavy atom. The van der Waals surface area contributed by atoms with Gasteiger partial charge in [0.15, 0.2) is 0 Å². The average Bonchev–Trinajstić information content (AvgIpc) is 3.72. The summed E-state index contributed by atoms with van der Waals surface area (Å²) in [4.78, 5) is 5.79. The second-order valence-corrected chi connectivity index (χ2v) is 25.9. The van der Waals surface area contributed by atoms with Gasteiger partial charge in [0.25, 0.3) is 0 Å². The monoisotopic (exact) mass is 871 g/mol. The van der Waals surface area contributed by atoms with Gasteiger partial charge in [0.1, 0.15) is 0 Å². The number of nitrogens with zero attached hydrogens (tertiary/aromatic N) is 2. The molecule has 7 aromatic rings. The molecule has 4 heteroatoms. The molecule has 4 heterocycles. The van der Waals surface area contributed by atoms with Gasteiger partial charge in [-0.1, -0.05) is 144 Å². The first-order valence-corrected chi connectivity index (χ1v) is 25.6. The van der Waals surface area contributed by atoms with E-state index in [1.165, 1.54) is 137 Å². The molecule has 1 aromatic heterocycles. The van der Waals surface area contributed by atoms with Crippen molar-refractivity contribution in [1.29, 1.82) is 0 Å². The predicted molar refractivity (Wildman–Crippen MR) is 284 cm³/mol. The molecule has 1 fully saturated rings. The van der Waals surface area contributed by atoms with Crippen LogP contribution in [0.15, 0.2) is 97.1 Å². The molecule has 330 valence electrons. The average molecular weight is 871 g/mol. The standard InChI is InChI=1S/C61H67BN2S/c1-36-29-41-42-32-39(57(5,6)7)33-46-54(42)64(61(13)26-18-17-25-60(46,61)12)62-47-22-24-50-52(43-34-44-45(35-51(43)65-50)59(10,11)28-27-58(44,8)9)55(47)63(49(30-36)53(41)62)48-23-21-38(56(2,3)4)31-40(48)37-19-15-14-16-20-37/h14-16,19-24,29-35H,17-18,25-28H2,1-13H3. The Balaban J connectivity index is 1.26. The summed E-state index contributed by atoms with van der Waals surface area (Å²) < 4.78 is 2.80. The lowest BCUT2D eigenvalue weighted by atomic mass is 9.42. The third kappa shape index (κ3) is 5.59. The normalized spacial score (nSPS) is 22.4. The fourth-order valence-electron chi connectivity index (χ4n) is 13.6. The van der Waals surface area contributed by atoms with Gasteiger partial charge >= 0.3 is 6.85 Å². The second-order valence-electron chi connectivity index (χ2n) is 24.8. The molecule has 0 amide bonds. The van der Waals surface area contributed by atoms with E-state index < -0.39 is 0 Å². The fourth-order valence-corrected chi connectivity index (χ4v) is 14.7. The summed E-state index contributed by atoms with van der Waals surface area (Å²) in [5, 5.41) is 2.84. The van der Waals surface area contributed by atoms with E-state index in [-0.39, 0.29) is 39.5 Å². The number of anilines is 4. The van der Waals surface area contributed by atoms with Gasteiger partial charge in [-0.05, 0) is 159 Å². The van der Waals surface area contributed by atoms with Crippen LogP contribution in [0.3, 0.4) is 0 Å². The summed E-state index contributed by atoms with van der Waals surface area (Å²) in [7, 11) is 0. The lowest BCUT2D eigenvalue weighted by Gasteiger charge is -2.55. The molecule has 0 saturated heterocycles. The van der Waals surface area contributed by atoms with Crippen LogP contribution in [0.5, 0.6) is 0 Å². The maximum Gasteiger partial charge on any atom is 0.328 e. The van der Waals surface area contributed by atoms with E-state index in [1.807, 2.05) is 11.3 Å². The Morgan fingerprint density at radius 2 is 1.25 bits per heavy atom. The Hall–Kier alpha value is -4.80. The van der Waals surface area contributed by atoms with Crippen molar-refractivity contribution in [3.05, 3.63) is 130 Å². The van der Waals surface area contributed by atoms with E-state index in [0.717, 1.165) is 0 Å².